The number of nitrogens with zero attached hydrogens (tertiary/aromatic N) is 2. The van der Waals surface area contributed by atoms with Crippen molar-refractivity contribution in [2.45, 2.75) is 31.4 Å². The molecule has 0 aliphatic heterocycles. The van der Waals surface area contributed by atoms with Crippen LogP contribution in [0.25, 0.3) is 5.69 Å². The molecule has 0 radical (unpaired) electrons. The van der Waals surface area contributed by atoms with E-state index in [1.807, 2.05) is 13.8 Å². The summed E-state index contributed by atoms with van der Waals surface area (Å²) in [5.41, 5.74) is 0.327. The predicted octanol–water partition coefficient (Wildman–Crippen LogP) is 3.11. The second kappa shape index (κ2) is 8.80. The second-order valence-electron chi connectivity index (χ2n) is 6.28. The van der Waals surface area contributed by atoms with Crippen molar-refractivity contribution in [1.29, 1.82) is 0 Å². The van der Waals surface area contributed by atoms with Gasteiger partial charge in [-0.25, -0.2) is 4.79 Å². The van der Waals surface area contributed by atoms with Crippen LogP contribution in [0.15, 0.2) is 51.5 Å². The molecule has 0 aliphatic rings. The van der Waals surface area contributed by atoms with Crippen molar-refractivity contribution in [2.75, 3.05) is 6.61 Å². The minimum atomic E-state index is -4.25. The van der Waals surface area contributed by atoms with Gasteiger partial charge in [-0.1, -0.05) is 24.6 Å². The molecule has 0 atom stereocenters. The fraction of sp³-hybridized carbons (Fsp3) is 0.250. The number of esters is 1. The van der Waals surface area contributed by atoms with Gasteiger partial charge in [-0.15, -0.1) is 11.3 Å². The summed E-state index contributed by atoms with van der Waals surface area (Å²) < 4.78 is 36.4. The lowest BCUT2D eigenvalue weighted by Gasteiger charge is -2.12. The highest BCUT2D eigenvalue weighted by atomic mass is 32.3. The van der Waals surface area contributed by atoms with Crippen LogP contribution in [0.1, 0.15) is 34.8 Å². The molecule has 0 N–H and O–H groups in total. The first-order valence-corrected chi connectivity index (χ1v) is 11.4. The number of hydrogen-bond acceptors (Lipinski definition) is 8. The van der Waals surface area contributed by atoms with Gasteiger partial charge < -0.3 is 8.92 Å². The number of carbonyl (C=O) groups is 1. The number of aryl methyl sites for hydroxylation is 2. The van der Waals surface area contributed by atoms with Crippen molar-refractivity contribution in [3.05, 3.63) is 69.0 Å². The molecule has 158 valence electrons. The fourth-order valence-corrected chi connectivity index (χ4v) is 4.74. The van der Waals surface area contributed by atoms with Crippen LogP contribution in [0.3, 0.4) is 0 Å². The first-order chi connectivity index (χ1) is 14.2. The Balaban J connectivity index is 2.09. The van der Waals surface area contributed by atoms with Gasteiger partial charge in [0.25, 0.3) is 5.56 Å². The van der Waals surface area contributed by atoms with Crippen molar-refractivity contribution in [1.82, 2.24) is 9.78 Å². The maximum atomic E-state index is 12.7. The van der Waals surface area contributed by atoms with Gasteiger partial charge >= 0.3 is 16.1 Å². The molecule has 3 aromatic rings. The highest BCUT2D eigenvalue weighted by molar-refractivity contribution is 7.89. The minimum Gasteiger partial charge on any atom is -0.461 e. The summed E-state index contributed by atoms with van der Waals surface area (Å²) in [4.78, 5) is 25.9. The molecule has 2 aromatic heterocycles. The summed E-state index contributed by atoms with van der Waals surface area (Å²) >= 11 is 1.06. The maximum Gasteiger partial charge on any atom is 0.362 e. The third-order valence-electron chi connectivity index (χ3n) is 4.08. The Kier molecular flexibility index (Phi) is 6.37. The third kappa shape index (κ3) is 4.60. The van der Waals surface area contributed by atoms with Gasteiger partial charge in [0.15, 0.2) is 9.96 Å². The molecule has 10 heteroatoms. The predicted molar refractivity (Wildman–Crippen MR) is 112 cm³/mol. The number of thiophene rings is 1. The summed E-state index contributed by atoms with van der Waals surface area (Å²) in [6.07, 6.45) is 0.669. The van der Waals surface area contributed by atoms with Crippen LogP contribution in [0.2, 0.25) is 0 Å². The van der Waals surface area contributed by atoms with Gasteiger partial charge in [0.1, 0.15) is 0 Å². The van der Waals surface area contributed by atoms with Crippen LogP contribution in [-0.2, 0) is 21.3 Å². The van der Waals surface area contributed by atoms with Crippen LogP contribution < -0.4 is 9.74 Å². The smallest absolute Gasteiger partial charge is 0.362 e. The maximum absolute atomic E-state index is 12.7. The zero-order valence-corrected chi connectivity index (χ0v) is 18.2. The molecule has 2 heterocycles. The molecule has 0 saturated heterocycles. The molecule has 0 aliphatic carbocycles. The zero-order chi connectivity index (χ0) is 21.9. The van der Waals surface area contributed by atoms with Gasteiger partial charge in [0.05, 0.1) is 18.4 Å². The van der Waals surface area contributed by atoms with E-state index in [-0.39, 0.29) is 10.8 Å². The van der Waals surface area contributed by atoms with E-state index in [1.54, 1.807) is 37.3 Å². The molecule has 1 aromatic carbocycles. The Morgan fingerprint density at radius 1 is 1.13 bits per heavy atom. The molecular weight excluding hydrogens is 428 g/mol. The van der Waals surface area contributed by atoms with Gasteiger partial charge in [0, 0.05) is 4.88 Å². The summed E-state index contributed by atoms with van der Waals surface area (Å²) in [5, 5.41) is 4.03. The van der Waals surface area contributed by atoms with Gasteiger partial charge in [-0.05, 0) is 44.5 Å². The summed E-state index contributed by atoms with van der Waals surface area (Å²) in [7, 11) is -4.25. The van der Waals surface area contributed by atoms with E-state index >= 15 is 0 Å². The second-order valence-corrected chi connectivity index (χ2v) is 9.22. The normalized spacial score (nSPS) is 11.3. The summed E-state index contributed by atoms with van der Waals surface area (Å²) in [6, 6.07) is 10.9. The average molecular weight is 449 g/mol. The monoisotopic (exact) mass is 448 g/mol. The zero-order valence-electron chi connectivity index (χ0n) is 16.6. The van der Waals surface area contributed by atoms with Crippen LogP contribution in [0.4, 0.5) is 0 Å². The van der Waals surface area contributed by atoms with E-state index in [0.717, 1.165) is 32.5 Å². The molecule has 0 saturated carbocycles. The SMILES string of the molecule is CCOC(=O)c1nn(-c2ccc(C)cc2)c(=O)cc1OS(=O)(=O)c1ccc(CC)s1. The van der Waals surface area contributed by atoms with Crippen LogP contribution in [0.5, 0.6) is 5.75 Å². The van der Waals surface area contributed by atoms with Crippen molar-refractivity contribution >= 4 is 27.4 Å². The average Bonchev–Trinajstić information content (AvgIpc) is 3.19. The van der Waals surface area contributed by atoms with Crippen molar-refractivity contribution < 1.29 is 22.1 Å². The van der Waals surface area contributed by atoms with E-state index in [0.29, 0.717) is 12.1 Å². The number of rotatable bonds is 7. The lowest BCUT2D eigenvalue weighted by molar-refractivity contribution is 0.0515. The van der Waals surface area contributed by atoms with Crippen LogP contribution in [-0.4, -0.2) is 30.8 Å². The lowest BCUT2D eigenvalue weighted by Crippen LogP contribution is -2.26. The first kappa shape index (κ1) is 21.7. The van der Waals surface area contributed by atoms with Gasteiger partial charge in [0.2, 0.25) is 5.69 Å². The molecule has 0 unspecified atom stereocenters. The van der Waals surface area contributed by atoms with E-state index in [9.17, 15) is 18.0 Å². The molecular formula is C20H20N2O6S2. The number of benzene rings is 1. The highest BCUT2D eigenvalue weighted by Gasteiger charge is 2.26. The van der Waals surface area contributed by atoms with Gasteiger partial charge in [-0.2, -0.15) is 18.2 Å². The largest absolute Gasteiger partial charge is 0.461 e. The number of hydrogen-bond donors (Lipinski definition) is 0. The summed E-state index contributed by atoms with van der Waals surface area (Å²) in [5.74, 6) is -1.38. The number of ether oxygens (including phenoxy) is 1. The lowest BCUT2D eigenvalue weighted by atomic mass is 10.2. The van der Waals surface area contributed by atoms with Crippen LogP contribution in [0, 0.1) is 6.92 Å². The molecule has 30 heavy (non-hydrogen) atoms. The Hall–Kier alpha value is -2.98. The topological polar surface area (TPSA) is 105 Å². The first-order valence-electron chi connectivity index (χ1n) is 9.17. The standard InChI is InChI=1S/C20H20N2O6S2/c1-4-15-10-11-18(29-15)30(25,26)28-16-12-17(23)22(14-8-6-13(3)7-9-14)21-19(16)20(24)27-5-2/h6-12H,4-5H2,1-3H3. The molecule has 0 bridgehead atoms. The molecule has 3 rings (SSSR count). The van der Waals surface area contributed by atoms with E-state index in [1.165, 1.54) is 6.07 Å². The Labute approximate surface area is 177 Å². The molecule has 0 fully saturated rings. The van der Waals surface area contributed by atoms with Gasteiger partial charge in [-0.3, -0.25) is 4.79 Å². The van der Waals surface area contributed by atoms with E-state index < -0.39 is 33.1 Å². The molecule has 0 amide bonds. The Bertz CT molecular complexity index is 1230. The van der Waals surface area contributed by atoms with Crippen molar-refractivity contribution in [3.8, 4) is 11.4 Å². The highest BCUT2D eigenvalue weighted by Crippen LogP contribution is 2.27. The molecule has 8 nitrogen and oxygen atoms in total. The Morgan fingerprint density at radius 2 is 1.83 bits per heavy atom. The summed E-state index contributed by atoms with van der Waals surface area (Å²) in [6.45, 7) is 5.43. The van der Waals surface area contributed by atoms with Crippen molar-refractivity contribution in [2.24, 2.45) is 0 Å². The van der Waals surface area contributed by atoms with Crippen molar-refractivity contribution in [3.63, 3.8) is 0 Å². The quantitative estimate of drug-likeness (QED) is 0.404. The fourth-order valence-electron chi connectivity index (χ4n) is 2.56. The Morgan fingerprint density at radius 3 is 2.43 bits per heavy atom. The van der Waals surface area contributed by atoms with Crippen LogP contribution >= 0.6 is 11.3 Å². The number of aromatic nitrogens is 2. The van der Waals surface area contributed by atoms with E-state index in [4.69, 9.17) is 8.92 Å². The number of carbonyl (C=O) groups excluding carboxylic acids is 1. The minimum absolute atomic E-state index is 0.0307. The molecule has 0 spiro atoms. The third-order valence-corrected chi connectivity index (χ3v) is 6.99. The van der Waals surface area contributed by atoms with E-state index in [2.05, 4.69) is 5.10 Å².